The first-order valence-corrected chi connectivity index (χ1v) is 10.9. The fraction of sp³-hybridized carbons (Fsp3) is 0.864. The molecule has 2 aliphatic rings. The minimum absolute atomic E-state index is 0.00877. The smallest absolute Gasteiger partial charge is 0.306 e. The Morgan fingerprint density at radius 1 is 0.923 bits per heavy atom. The summed E-state index contributed by atoms with van der Waals surface area (Å²) >= 11 is 0. The second kappa shape index (κ2) is 13.2. The average molecular weight is 363 g/mol. The predicted molar refractivity (Wildman–Crippen MR) is 107 cm³/mol. The standard InChI is InChI=1S/C22H38N2O2/c1-2-3-4-5-6-7-8-13-22(25)26-21-14-19-24(20-21)18-12-11-17-23-15-9-10-16-23/h21H,2-10,13-20H2,1H3. The zero-order chi connectivity index (χ0) is 18.5. The number of unbranched alkanes of at least 4 members (excludes halogenated alkanes) is 6. The Morgan fingerprint density at radius 3 is 2.31 bits per heavy atom. The average Bonchev–Trinajstić information content (AvgIpc) is 3.30. The van der Waals surface area contributed by atoms with Crippen molar-refractivity contribution in [1.29, 1.82) is 0 Å². The van der Waals surface area contributed by atoms with Crippen molar-refractivity contribution in [3.63, 3.8) is 0 Å². The lowest BCUT2D eigenvalue weighted by atomic mass is 10.1. The van der Waals surface area contributed by atoms with Gasteiger partial charge in [0, 0.05) is 19.5 Å². The third kappa shape index (κ3) is 9.05. The van der Waals surface area contributed by atoms with Crippen molar-refractivity contribution in [2.24, 2.45) is 0 Å². The molecule has 0 saturated carbocycles. The monoisotopic (exact) mass is 362 g/mol. The van der Waals surface area contributed by atoms with Gasteiger partial charge in [0.2, 0.25) is 0 Å². The quantitative estimate of drug-likeness (QED) is 0.318. The highest BCUT2D eigenvalue weighted by Crippen LogP contribution is 2.14. The summed E-state index contributed by atoms with van der Waals surface area (Å²) in [6, 6.07) is 0. The van der Waals surface area contributed by atoms with E-state index in [-0.39, 0.29) is 12.1 Å². The Labute approximate surface area is 160 Å². The van der Waals surface area contributed by atoms with Gasteiger partial charge >= 0.3 is 5.97 Å². The number of ether oxygens (including phenoxy) is 1. The first kappa shape index (κ1) is 21.3. The fourth-order valence-corrected chi connectivity index (χ4v) is 3.78. The van der Waals surface area contributed by atoms with Gasteiger partial charge in [-0.2, -0.15) is 0 Å². The second-order valence-corrected chi connectivity index (χ2v) is 7.84. The van der Waals surface area contributed by atoms with Crippen LogP contribution >= 0.6 is 0 Å². The van der Waals surface area contributed by atoms with Gasteiger partial charge in [0.05, 0.1) is 13.1 Å². The number of likely N-dealkylation sites (tertiary alicyclic amines) is 2. The van der Waals surface area contributed by atoms with Crippen LogP contribution < -0.4 is 0 Å². The summed E-state index contributed by atoms with van der Waals surface area (Å²) in [5.74, 6) is 6.56. The van der Waals surface area contributed by atoms with E-state index in [9.17, 15) is 4.79 Å². The van der Waals surface area contributed by atoms with Crippen LogP contribution in [-0.2, 0) is 9.53 Å². The summed E-state index contributed by atoms with van der Waals surface area (Å²) < 4.78 is 5.64. The Hall–Kier alpha value is -1.05. The van der Waals surface area contributed by atoms with Gasteiger partial charge in [0.1, 0.15) is 6.10 Å². The van der Waals surface area contributed by atoms with Crippen molar-refractivity contribution in [2.45, 2.75) is 83.7 Å². The normalized spacial score (nSPS) is 20.9. The summed E-state index contributed by atoms with van der Waals surface area (Å²) in [5.41, 5.74) is 0. The van der Waals surface area contributed by atoms with Gasteiger partial charge in [0.15, 0.2) is 0 Å². The maximum atomic E-state index is 12.0. The first-order chi connectivity index (χ1) is 12.8. The van der Waals surface area contributed by atoms with Crippen molar-refractivity contribution in [1.82, 2.24) is 9.80 Å². The third-order valence-corrected chi connectivity index (χ3v) is 5.44. The van der Waals surface area contributed by atoms with E-state index in [1.807, 2.05) is 0 Å². The van der Waals surface area contributed by atoms with Gasteiger partial charge in [-0.1, -0.05) is 57.3 Å². The molecule has 0 radical (unpaired) electrons. The Bertz CT molecular complexity index is 449. The molecule has 0 aromatic carbocycles. The lowest BCUT2D eigenvalue weighted by Gasteiger charge is -2.14. The van der Waals surface area contributed by atoms with Crippen LogP contribution in [0.15, 0.2) is 0 Å². The van der Waals surface area contributed by atoms with E-state index in [4.69, 9.17) is 4.74 Å². The van der Waals surface area contributed by atoms with Gasteiger partial charge in [-0.05, 0) is 38.8 Å². The molecule has 2 saturated heterocycles. The lowest BCUT2D eigenvalue weighted by molar-refractivity contribution is -0.148. The van der Waals surface area contributed by atoms with Crippen LogP contribution in [0.1, 0.15) is 77.6 Å². The maximum absolute atomic E-state index is 12.0. The molecule has 26 heavy (non-hydrogen) atoms. The molecule has 0 bridgehead atoms. The van der Waals surface area contributed by atoms with Crippen LogP contribution in [0, 0.1) is 11.8 Å². The highest BCUT2D eigenvalue weighted by Gasteiger charge is 2.24. The number of rotatable bonds is 11. The van der Waals surface area contributed by atoms with E-state index in [1.165, 1.54) is 58.0 Å². The number of nitrogens with zero attached hydrogens (tertiary/aromatic N) is 2. The molecule has 0 aromatic rings. The largest absolute Gasteiger partial charge is 0.461 e. The molecule has 1 atom stereocenters. The van der Waals surface area contributed by atoms with E-state index in [0.29, 0.717) is 6.42 Å². The van der Waals surface area contributed by atoms with Gasteiger partial charge in [0.25, 0.3) is 0 Å². The molecule has 2 fully saturated rings. The molecule has 148 valence electrons. The molecule has 0 aliphatic carbocycles. The predicted octanol–water partition coefficient (Wildman–Crippen LogP) is 3.84. The van der Waals surface area contributed by atoms with Crippen molar-refractivity contribution in [3.05, 3.63) is 0 Å². The van der Waals surface area contributed by atoms with Crippen molar-refractivity contribution in [2.75, 3.05) is 39.3 Å². The molecule has 0 aromatic heterocycles. The molecule has 2 heterocycles. The van der Waals surface area contributed by atoms with Crippen molar-refractivity contribution in [3.8, 4) is 11.8 Å². The van der Waals surface area contributed by atoms with E-state index in [2.05, 4.69) is 28.6 Å². The number of carbonyl (C=O) groups excluding carboxylic acids is 1. The zero-order valence-electron chi connectivity index (χ0n) is 16.8. The number of hydrogen-bond acceptors (Lipinski definition) is 4. The van der Waals surface area contributed by atoms with Crippen molar-refractivity contribution >= 4 is 5.97 Å². The van der Waals surface area contributed by atoms with Crippen molar-refractivity contribution < 1.29 is 9.53 Å². The molecule has 2 aliphatic heterocycles. The van der Waals surface area contributed by atoms with Gasteiger partial charge in [-0.25, -0.2) is 0 Å². The van der Waals surface area contributed by atoms with E-state index in [1.54, 1.807) is 0 Å². The zero-order valence-corrected chi connectivity index (χ0v) is 16.8. The molecule has 2 rings (SSSR count). The Morgan fingerprint density at radius 2 is 1.58 bits per heavy atom. The summed E-state index contributed by atoms with van der Waals surface area (Å²) in [7, 11) is 0. The summed E-state index contributed by atoms with van der Waals surface area (Å²) in [4.78, 5) is 16.7. The van der Waals surface area contributed by atoms with E-state index in [0.717, 1.165) is 45.4 Å². The van der Waals surface area contributed by atoms with Gasteiger partial charge in [-0.3, -0.25) is 14.6 Å². The number of hydrogen-bond donors (Lipinski definition) is 0. The van der Waals surface area contributed by atoms with Gasteiger partial charge < -0.3 is 4.74 Å². The van der Waals surface area contributed by atoms with Crippen LogP contribution in [0.3, 0.4) is 0 Å². The fourth-order valence-electron chi connectivity index (χ4n) is 3.78. The highest BCUT2D eigenvalue weighted by molar-refractivity contribution is 5.69. The molecular weight excluding hydrogens is 324 g/mol. The molecule has 0 spiro atoms. The van der Waals surface area contributed by atoms with Gasteiger partial charge in [-0.15, -0.1) is 0 Å². The lowest BCUT2D eigenvalue weighted by Crippen LogP contribution is -2.25. The summed E-state index contributed by atoms with van der Waals surface area (Å²) in [6.07, 6.45) is 12.9. The second-order valence-electron chi connectivity index (χ2n) is 7.84. The summed E-state index contributed by atoms with van der Waals surface area (Å²) in [6.45, 7) is 8.20. The molecule has 0 amide bonds. The van der Waals surface area contributed by atoms with E-state index < -0.39 is 0 Å². The first-order valence-electron chi connectivity index (χ1n) is 10.9. The summed E-state index contributed by atoms with van der Waals surface area (Å²) in [5, 5.41) is 0. The minimum atomic E-state index is -0.00877. The van der Waals surface area contributed by atoms with Crippen LogP contribution in [0.4, 0.5) is 0 Å². The van der Waals surface area contributed by atoms with Crippen LogP contribution in [-0.4, -0.2) is 61.1 Å². The van der Waals surface area contributed by atoms with Crippen LogP contribution in [0.5, 0.6) is 0 Å². The number of esters is 1. The topological polar surface area (TPSA) is 32.8 Å². The SMILES string of the molecule is CCCCCCCCCC(=O)OC1CCN(CC#CCN2CCCC2)C1. The molecule has 4 nitrogen and oxygen atoms in total. The van der Waals surface area contributed by atoms with Crippen LogP contribution in [0.2, 0.25) is 0 Å². The Kier molecular flexibility index (Phi) is 10.8. The highest BCUT2D eigenvalue weighted by atomic mass is 16.5. The molecule has 4 heteroatoms. The van der Waals surface area contributed by atoms with Crippen LogP contribution in [0.25, 0.3) is 0 Å². The maximum Gasteiger partial charge on any atom is 0.306 e. The Balaban J connectivity index is 1.47. The van der Waals surface area contributed by atoms with E-state index >= 15 is 0 Å². The molecule has 1 unspecified atom stereocenters. The molecule has 0 N–H and O–H groups in total. The number of carbonyl (C=O) groups is 1. The minimum Gasteiger partial charge on any atom is -0.461 e. The third-order valence-electron chi connectivity index (χ3n) is 5.44. The molecular formula is C22H38N2O2.